The van der Waals surface area contributed by atoms with Gasteiger partial charge in [0.2, 0.25) is 5.95 Å². The summed E-state index contributed by atoms with van der Waals surface area (Å²) in [6.45, 7) is 4.50. The number of anilines is 1. The summed E-state index contributed by atoms with van der Waals surface area (Å²) in [4.78, 5) is 13.7. The number of thioether (sulfide) groups is 1. The van der Waals surface area contributed by atoms with Crippen LogP contribution in [-0.4, -0.2) is 43.1 Å². The number of rotatable bonds is 4. The van der Waals surface area contributed by atoms with Crippen molar-refractivity contribution in [3.8, 4) is 5.75 Å². The molecule has 0 bridgehead atoms. The first-order chi connectivity index (χ1) is 14.0. The molecule has 1 aliphatic heterocycles. The van der Waals surface area contributed by atoms with Gasteiger partial charge in [-0.25, -0.2) is 9.67 Å². The highest BCUT2D eigenvalue weighted by Gasteiger charge is 2.39. The Hall–Kier alpha value is -2.39. The molecule has 0 saturated heterocycles. The molecule has 1 fully saturated rings. The second-order valence-corrected chi connectivity index (χ2v) is 9.19. The van der Waals surface area contributed by atoms with Crippen molar-refractivity contribution in [1.29, 1.82) is 0 Å². The van der Waals surface area contributed by atoms with Crippen LogP contribution in [0, 0.1) is 19.8 Å². The molecule has 152 valence electrons. The third kappa shape index (κ3) is 3.12. The highest BCUT2D eigenvalue weighted by atomic mass is 32.2. The SMILES string of the molecule is COc1c(C)cnc(Cn2nc3c4c(nc(N)nc42)S[C@H](C2CC2)C(N)C3)c1C. The minimum Gasteiger partial charge on any atom is -0.496 e. The van der Waals surface area contributed by atoms with Gasteiger partial charge in [0.1, 0.15) is 10.8 Å². The van der Waals surface area contributed by atoms with Crippen LogP contribution in [0.5, 0.6) is 5.75 Å². The van der Waals surface area contributed by atoms with E-state index in [2.05, 4.69) is 15.0 Å². The fraction of sp³-hybridized carbons (Fsp3) is 0.500. The number of hydrogen-bond acceptors (Lipinski definition) is 8. The summed E-state index contributed by atoms with van der Waals surface area (Å²) in [5, 5.41) is 7.14. The Morgan fingerprint density at radius 1 is 1.28 bits per heavy atom. The lowest BCUT2D eigenvalue weighted by Gasteiger charge is -2.20. The maximum Gasteiger partial charge on any atom is 0.223 e. The quantitative estimate of drug-likeness (QED) is 0.628. The maximum absolute atomic E-state index is 6.57. The molecular formula is C20H25N7OS. The standard InChI is InChI=1S/C20H25N7OS/c1-9-7-23-14(10(2)16(9)28-3)8-27-18-15-13(26-27)6-12(21)17(11-4-5-11)29-19(15)25-20(22)24-18/h7,11-12,17H,4-6,8,21H2,1-3H3,(H2,22,24,25)/t12?,17-/m1/s1. The Balaban J connectivity index is 1.61. The first kappa shape index (κ1) is 18.6. The molecule has 3 aromatic heterocycles. The number of ether oxygens (including phenoxy) is 1. The summed E-state index contributed by atoms with van der Waals surface area (Å²) < 4.78 is 7.43. The molecule has 29 heavy (non-hydrogen) atoms. The molecule has 4 N–H and O–H groups in total. The Labute approximate surface area is 173 Å². The summed E-state index contributed by atoms with van der Waals surface area (Å²) in [5.41, 5.74) is 17.3. The number of pyridine rings is 1. The fourth-order valence-electron chi connectivity index (χ4n) is 4.26. The molecule has 1 unspecified atom stereocenters. The van der Waals surface area contributed by atoms with Crippen LogP contribution in [0.3, 0.4) is 0 Å². The van der Waals surface area contributed by atoms with Gasteiger partial charge in [-0.05, 0) is 32.6 Å². The van der Waals surface area contributed by atoms with E-state index in [1.165, 1.54) is 12.8 Å². The molecule has 2 aliphatic rings. The molecule has 2 atom stereocenters. The molecule has 3 aromatic rings. The lowest BCUT2D eigenvalue weighted by atomic mass is 10.0. The first-order valence-electron chi connectivity index (χ1n) is 9.90. The molecule has 0 radical (unpaired) electrons. The second-order valence-electron chi connectivity index (χ2n) is 8.02. The minimum absolute atomic E-state index is 0.0498. The largest absolute Gasteiger partial charge is 0.496 e. The zero-order chi connectivity index (χ0) is 20.3. The van der Waals surface area contributed by atoms with Gasteiger partial charge in [-0.2, -0.15) is 10.1 Å². The number of methoxy groups -OCH3 is 1. The van der Waals surface area contributed by atoms with Gasteiger partial charge in [-0.3, -0.25) is 4.98 Å². The normalized spacial score (nSPS) is 21.4. The predicted molar refractivity (Wildman–Crippen MR) is 113 cm³/mol. The van der Waals surface area contributed by atoms with Crippen molar-refractivity contribution < 1.29 is 4.74 Å². The lowest BCUT2D eigenvalue weighted by Crippen LogP contribution is -2.35. The van der Waals surface area contributed by atoms with Crippen molar-refractivity contribution in [1.82, 2.24) is 24.7 Å². The Morgan fingerprint density at radius 2 is 2.07 bits per heavy atom. The van der Waals surface area contributed by atoms with E-state index in [4.69, 9.17) is 21.3 Å². The minimum atomic E-state index is 0.0498. The second kappa shape index (κ2) is 6.84. The summed E-state index contributed by atoms with van der Waals surface area (Å²) in [5.74, 6) is 1.79. The van der Waals surface area contributed by atoms with E-state index in [1.54, 1.807) is 18.9 Å². The van der Waals surface area contributed by atoms with Crippen LogP contribution in [0.2, 0.25) is 0 Å². The number of aromatic nitrogens is 5. The summed E-state index contributed by atoms with van der Waals surface area (Å²) in [6.07, 6.45) is 5.04. The number of aryl methyl sites for hydroxylation is 1. The van der Waals surface area contributed by atoms with Crippen LogP contribution in [-0.2, 0) is 13.0 Å². The lowest BCUT2D eigenvalue weighted by molar-refractivity contribution is 0.406. The van der Waals surface area contributed by atoms with Gasteiger partial charge < -0.3 is 16.2 Å². The Morgan fingerprint density at radius 3 is 2.79 bits per heavy atom. The van der Waals surface area contributed by atoms with E-state index in [1.807, 2.05) is 24.7 Å². The van der Waals surface area contributed by atoms with Crippen molar-refractivity contribution in [3.05, 3.63) is 28.7 Å². The summed E-state index contributed by atoms with van der Waals surface area (Å²) >= 11 is 1.75. The fourth-order valence-corrected chi connectivity index (χ4v) is 5.73. The summed E-state index contributed by atoms with van der Waals surface area (Å²) in [7, 11) is 1.68. The molecule has 0 spiro atoms. The van der Waals surface area contributed by atoms with Gasteiger partial charge in [0, 0.05) is 35.0 Å². The maximum atomic E-state index is 6.57. The molecule has 0 aromatic carbocycles. The van der Waals surface area contributed by atoms with E-state index >= 15 is 0 Å². The van der Waals surface area contributed by atoms with Gasteiger partial charge in [-0.1, -0.05) is 0 Å². The van der Waals surface area contributed by atoms with Gasteiger partial charge in [0.25, 0.3) is 0 Å². The highest BCUT2D eigenvalue weighted by Crippen LogP contribution is 2.46. The van der Waals surface area contributed by atoms with E-state index in [0.717, 1.165) is 50.7 Å². The number of nitrogen functional groups attached to an aromatic ring is 1. The molecule has 1 aliphatic carbocycles. The molecular weight excluding hydrogens is 386 g/mol. The highest BCUT2D eigenvalue weighted by molar-refractivity contribution is 8.00. The molecule has 0 amide bonds. The summed E-state index contributed by atoms with van der Waals surface area (Å²) in [6, 6.07) is 0.0498. The van der Waals surface area contributed by atoms with Crippen LogP contribution in [0.15, 0.2) is 11.2 Å². The molecule has 9 heteroatoms. The number of nitrogens with zero attached hydrogens (tertiary/aromatic N) is 5. The number of nitrogens with two attached hydrogens (primary N) is 2. The van der Waals surface area contributed by atoms with Crippen LogP contribution < -0.4 is 16.2 Å². The van der Waals surface area contributed by atoms with Gasteiger partial charge in [-0.15, -0.1) is 11.8 Å². The average Bonchev–Trinajstić information content (AvgIpc) is 3.47. The third-order valence-corrected chi connectivity index (χ3v) is 7.41. The smallest absolute Gasteiger partial charge is 0.223 e. The van der Waals surface area contributed by atoms with Crippen LogP contribution >= 0.6 is 11.8 Å². The average molecular weight is 412 g/mol. The van der Waals surface area contributed by atoms with Crippen LogP contribution in [0.25, 0.3) is 11.0 Å². The topological polar surface area (TPSA) is 118 Å². The zero-order valence-electron chi connectivity index (χ0n) is 16.8. The predicted octanol–water partition coefficient (Wildman–Crippen LogP) is 2.23. The first-order valence-corrected chi connectivity index (χ1v) is 10.8. The Kier molecular flexibility index (Phi) is 4.40. The van der Waals surface area contributed by atoms with E-state index in [0.29, 0.717) is 17.7 Å². The molecule has 4 heterocycles. The van der Waals surface area contributed by atoms with Crippen LogP contribution in [0.4, 0.5) is 5.95 Å². The zero-order valence-corrected chi connectivity index (χ0v) is 17.7. The van der Waals surface area contributed by atoms with E-state index in [9.17, 15) is 0 Å². The van der Waals surface area contributed by atoms with Gasteiger partial charge in [0.15, 0.2) is 5.65 Å². The third-order valence-electron chi connectivity index (χ3n) is 5.88. The van der Waals surface area contributed by atoms with Crippen molar-refractivity contribution in [2.75, 3.05) is 12.8 Å². The van der Waals surface area contributed by atoms with Gasteiger partial charge in [0.05, 0.1) is 30.4 Å². The molecule has 8 nitrogen and oxygen atoms in total. The van der Waals surface area contributed by atoms with Crippen molar-refractivity contribution in [2.24, 2.45) is 11.7 Å². The Bertz CT molecular complexity index is 1110. The molecule has 1 saturated carbocycles. The van der Waals surface area contributed by atoms with Gasteiger partial charge >= 0.3 is 0 Å². The monoisotopic (exact) mass is 411 g/mol. The van der Waals surface area contributed by atoms with E-state index in [-0.39, 0.29) is 12.0 Å². The van der Waals surface area contributed by atoms with Crippen LogP contribution in [0.1, 0.15) is 35.4 Å². The molecule has 5 rings (SSSR count). The van der Waals surface area contributed by atoms with E-state index < -0.39 is 0 Å². The van der Waals surface area contributed by atoms with Crippen molar-refractivity contribution >= 4 is 28.7 Å². The van der Waals surface area contributed by atoms with Crippen molar-refractivity contribution in [3.63, 3.8) is 0 Å². The van der Waals surface area contributed by atoms with Crippen molar-refractivity contribution in [2.45, 2.75) is 56.0 Å². The number of hydrogen-bond donors (Lipinski definition) is 2.